The van der Waals surface area contributed by atoms with Crippen LogP contribution in [0.2, 0.25) is 0 Å². The van der Waals surface area contributed by atoms with Gasteiger partial charge < -0.3 is 14.6 Å². The third-order valence-corrected chi connectivity index (χ3v) is 3.92. The molecule has 1 aliphatic heterocycles. The van der Waals surface area contributed by atoms with Crippen molar-refractivity contribution >= 4 is 12.1 Å². The predicted molar refractivity (Wildman–Crippen MR) is 97.4 cm³/mol. The minimum Gasteiger partial charge on any atom is -0.461 e. The highest BCUT2D eigenvalue weighted by Gasteiger charge is 2.55. The minimum atomic E-state index is -1.67. The van der Waals surface area contributed by atoms with Crippen LogP contribution < -0.4 is 0 Å². The van der Waals surface area contributed by atoms with Gasteiger partial charge >= 0.3 is 12.1 Å². The second-order valence-electron chi connectivity index (χ2n) is 7.59. The molecule has 1 amide bonds. The third-order valence-electron chi connectivity index (χ3n) is 3.92. The van der Waals surface area contributed by atoms with Gasteiger partial charge in [0.15, 0.2) is 5.54 Å². The number of rotatable bonds is 4. The zero-order chi connectivity index (χ0) is 19.5. The standard InChI is InChI=1S/C20H27NO5/c1-14(2)25-17(23)20(16(22)15-10-7-6-8-11-15)12-9-13-21(20)18(24)26-19(3,4)5/h6-12,14,16,22H,13H2,1-5H3/t16-,20+/m0/s1. The fraction of sp³-hybridized carbons (Fsp3) is 0.500. The monoisotopic (exact) mass is 361 g/mol. The summed E-state index contributed by atoms with van der Waals surface area (Å²) in [5.74, 6) is -0.691. The van der Waals surface area contributed by atoms with Gasteiger partial charge in [-0.2, -0.15) is 0 Å². The molecule has 0 bridgehead atoms. The van der Waals surface area contributed by atoms with E-state index < -0.39 is 35.4 Å². The molecular weight excluding hydrogens is 334 g/mol. The molecule has 0 aliphatic carbocycles. The number of aliphatic hydroxyl groups excluding tert-OH is 1. The average Bonchev–Trinajstić information content (AvgIpc) is 2.99. The maximum atomic E-state index is 13.0. The number of carbonyl (C=O) groups is 2. The van der Waals surface area contributed by atoms with Crippen LogP contribution in [0.15, 0.2) is 42.5 Å². The van der Waals surface area contributed by atoms with Gasteiger partial charge in [0.25, 0.3) is 0 Å². The number of nitrogens with zero attached hydrogens (tertiary/aromatic N) is 1. The molecule has 1 heterocycles. The Kier molecular flexibility index (Phi) is 5.76. The van der Waals surface area contributed by atoms with Gasteiger partial charge in [-0.1, -0.05) is 36.4 Å². The lowest BCUT2D eigenvalue weighted by atomic mass is 9.87. The first-order chi connectivity index (χ1) is 12.1. The molecule has 1 aromatic carbocycles. The predicted octanol–water partition coefficient (Wildman–Crippen LogP) is 3.22. The van der Waals surface area contributed by atoms with Crippen molar-refractivity contribution in [2.24, 2.45) is 0 Å². The summed E-state index contributed by atoms with van der Waals surface area (Å²) < 4.78 is 10.8. The Hall–Kier alpha value is -2.34. The first-order valence-electron chi connectivity index (χ1n) is 8.70. The number of hydrogen-bond donors (Lipinski definition) is 1. The van der Waals surface area contributed by atoms with Gasteiger partial charge in [-0.05, 0) is 46.3 Å². The van der Waals surface area contributed by atoms with Gasteiger partial charge in [0, 0.05) is 6.54 Å². The lowest BCUT2D eigenvalue weighted by Gasteiger charge is -2.40. The van der Waals surface area contributed by atoms with Crippen LogP contribution in [0.4, 0.5) is 4.79 Å². The van der Waals surface area contributed by atoms with E-state index >= 15 is 0 Å². The van der Waals surface area contributed by atoms with Gasteiger partial charge in [-0.15, -0.1) is 0 Å². The van der Waals surface area contributed by atoms with Crippen molar-refractivity contribution in [3.05, 3.63) is 48.0 Å². The Morgan fingerprint density at radius 2 is 1.81 bits per heavy atom. The Morgan fingerprint density at radius 3 is 2.35 bits per heavy atom. The molecular formula is C20H27NO5. The highest BCUT2D eigenvalue weighted by Crippen LogP contribution is 2.38. The maximum Gasteiger partial charge on any atom is 0.411 e. The summed E-state index contributed by atoms with van der Waals surface area (Å²) >= 11 is 0. The van der Waals surface area contributed by atoms with Gasteiger partial charge in [0.1, 0.15) is 11.7 Å². The number of benzene rings is 1. The van der Waals surface area contributed by atoms with Crippen molar-refractivity contribution in [1.29, 1.82) is 0 Å². The van der Waals surface area contributed by atoms with Crippen molar-refractivity contribution in [2.75, 3.05) is 6.54 Å². The molecule has 0 saturated carbocycles. The molecule has 1 aliphatic rings. The van der Waals surface area contributed by atoms with Crippen molar-refractivity contribution in [1.82, 2.24) is 4.90 Å². The molecule has 0 unspecified atom stereocenters. The van der Waals surface area contributed by atoms with Gasteiger partial charge in [-0.3, -0.25) is 4.90 Å². The number of carbonyl (C=O) groups excluding carboxylic acids is 2. The van der Waals surface area contributed by atoms with E-state index in [1.54, 1.807) is 65.0 Å². The van der Waals surface area contributed by atoms with Crippen LogP contribution in [-0.2, 0) is 14.3 Å². The summed E-state index contributed by atoms with van der Waals surface area (Å²) in [7, 11) is 0. The molecule has 0 aromatic heterocycles. The van der Waals surface area contributed by atoms with Crippen LogP contribution in [0.1, 0.15) is 46.3 Å². The lowest BCUT2D eigenvalue weighted by molar-refractivity contribution is -0.164. The summed E-state index contributed by atoms with van der Waals surface area (Å²) in [6.07, 6.45) is 0.827. The zero-order valence-corrected chi connectivity index (χ0v) is 15.9. The molecule has 1 aromatic rings. The number of ether oxygens (including phenoxy) is 2. The van der Waals surface area contributed by atoms with E-state index in [4.69, 9.17) is 9.47 Å². The van der Waals surface area contributed by atoms with Crippen molar-refractivity contribution in [3.63, 3.8) is 0 Å². The van der Waals surface area contributed by atoms with E-state index in [1.165, 1.54) is 11.0 Å². The number of aliphatic hydroxyl groups is 1. The average molecular weight is 361 g/mol. The summed E-state index contributed by atoms with van der Waals surface area (Å²) in [5, 5.41) is 11.1. The topological polar surface area (TPSA) is 76.1 Å². The Labute approximate surface area is 154 Å². The normalized spacial score (nSPS) is 21.0. The number of amides is 1. The van der Waals surface area contributed by atoms with Crippen molar-refractivity contribution < 1.29 is 24.2 Å². The first-order valence-corrected chi connectivity index (χ1v) is 8.70. The van der Waals surface area contributed by atoms with Crippen LogP contribution in [0.5, 0.6) is 0 Å². The highest BCUT2D eigenvalue weighted by molar-refractivity contribution is 5.90. The van der Waals surface area contributed by atoms with Crippen molar-refractivity contribution in [3.8, 4) is 0 Å². The van der Waals surface area contributed by atoms with E-state index in [0.29, 0.717) is 5.56 Å². The summed E-state index contributed by atoms with van der Waals surface area (Å²) in [6.45, 7) is 8.82. The maximum absolute atomic E-state index is 13.0. The van der Waals surface area contributed by atoms with Crippen LogP contribution in [0.3, 0.4) is 0 Å². The fourth-order valence-electron chi connectivity index (χ4n) is 2.85. The second kappa shape index (κ2) is 7.50. The Morgan fingerprint density at radius 1 is 1.19 bits per heavy atom. The van der Waals surface area contributed by atoms with Gasteiger partial charge in [-0.25, -0.2) is 9.59 Å². The SMILES string of the molecule is CC(C)OC(=O)[C@]1([C@@H](O)c2ccccc2)C=CCN1C(=O)OC(C)(C)C. The number of esters is 1. The largest absolute Gasteiger partial charge is 0.461 e. The van der Waals surface area contributed by atoms with Gasteiger partial charge in [0.05, 0.1) is 6.10 Å². The van der Waals surface area contributed by atoms with E-state index in [9.17, 15) is 14.7 Å². The van der Waals surface area contributed by atoms with E-state index in [1.807, 2.05) is 6.07 Å². The minimum absolute atomic E-state index is 0.145. The van der Waals surface area contributed by atoms with E-state index in [2.05, 4.69) is 0 Å². The molecule has 0 radical (unpaired) electrons. The summed E-state index contributed by atoms with van der Waals surface area (Å²) in [6, 6.07) is 8.74. The number of hydrogen-bond acceptors (Lipinski definition) is 5. The molecule has 6 nitrogen and oxygen atoms in total. The van der Waals surface area contributed by atoms with Crippen LogP contribution in [-0.4, -0.2) is 45.9 Å². The molecule has 0 spiro atoms. The van der Waals surface area contributed by atoms with Crippen LogP contribution in [0.25, 0.3) is 0 Å². The van der Waals surface area contributed by atoms with Crippen molar-refractivity contribution in [2.45, 2.75) is 58.0 Å². The smallest absolute Gasteiger partial charge is 0.411 e. The molecule has 6 heteroatoms. The second-order valence-corrected chi connectivity index (χ2v) is 7.59. The van der Waals surface area contributed by atoms with Gasteiger partial charge in [0.2, 0.25) is 0 Å². The zero-order valence-electron chi connectivity index (χ0n) is 15.9. The highest BCUT2D eigenvalue weighted by atomic mass is 16.6. The summed E-state index contributed by atoms with van der Waals surface area (Å²) in [4.78, 5) is 27.0. The van der Waals surface area contributed by atoms with Crippen LogP contribution >= 0.6 is 0 Å². The Bertz CT molecular complexity index is 677. The van der Waals surface area contributed by atoms with Crippen LogP contribution in [0, 0.1) is 0 Å². The summed E-state index contributed by atoms with van der Waals surface area (Å²) in [5.41, 5.74) is -1.90. The molecule has 2 atom stereocenters. The molecule has 26 heavy (non-hydrogen) atoms. The third kappa shape index (κ3) is 4.07. The quantitative estimate of drug-likeness (QED) is 0.658. The lowest BCUT2D eigenvalue weighted by Crippen LogP contribution is -2.58. The molecule has 0 saturated heterocycles. The molecule has 1 N–H and O–H groups in total. The molecule has 0 fully saturated rings. The first kappa shape index (κ1) is 20.0. The van der Waals surface area contributed by atoms with E-state index in [0.717, 1.165) is 0 Å². The van der Waals surface area contributed by atoms with E-state index in [-0.39, 0.29) is 6.54 Å². The fourth-order valence-corrected chi connectivity index (χ4v) is 2.85. The molecule has 2 rings (SSSR count). The molecule has 142 valence electrons. The Balaban J connectivity index is 2.47.